The van der Waals surface area contributed by atoms with Crippen molar-refractivity contribution in [2.24, 2.45) is 0 Å². The number of rotatable bonds is 8. The predicted molar refractivity (Wildman–Crippen MR) is 94.1 cm³/mol. The largest absolute Gasteiger partial charge is 0.481 e. The molecule has 1 aromatic rings. The Balaban J connectivity index is 1.84. The summed E-state index contributed by atoms with van der Waals surface area (Å²) in [6.07, 6.45) is 0.670. The van der Waals surface area contributed by atoms with Crippen molar-refractivity contribution in [1.29, 1.82) is 0 Å². The van der Waals surface area contributed by atoms with E-state index in [2.05, 4.69) is 0 Å². The highest BCUT2D eigenvalue weighted by Crippen LogP contribution is 2.21. The Bertz CT molecular complexity index is 674. The molecule has 7 nitrogen and oxygen atoms in total. The van der Waals surface area contributed by atoms with Crippen LogP contribution in [0.2, 0.25) is 0 Å². The molecule has 140 valence electrons. The summed E-state index contributed by atoms with van der Waals surface area (Å²) < 4.78 is 0. The van der Waals surface area contributed by atoms with Crippen LogP contribution in [0, 0.1) is 0 Å². The zero-order chi connectivity index (χ0) is 19.1. The third kappa shape index (κ3) is 5.40. The zero-order valence-corrected chi connectivity index (χ0v) is 14.9. The number of carbonyl (C=O) groups excluding carboxylic acids is 3. The number of Topliss-reactive ketones (excluding diaryl/α,β-unsaturated/α-hetero) is 1. The number of ketones is 1. The number of benzene rings is 1. The Labute approximate surface area is 152 Å². The first-order valence-electron chi connectivity index (χ1n) is 8.70. The minimum Gasteiger partial charge on any atom is -0.481 e. The number of hydrogen-bond donors (Lipinski definition) is 1. The van der Waals surface area contributed by atoms with Crippen molar-refractivity contribution in [3.63, 3.8) is 0 Å². The van der Waals surface area contributed by atoms with Crippen molar-refractivity contribution < 1.29 is 24.3 Å². The van der Waals surface area contributed by atoms with Gasteiger partial charge in [-0.25, -0.2) is 0 Å². The standard InChI is InChI=1S/C19H24N2O5/c1-20(13-14-6-3-2-4-7-14)17(23)9-10-18(24)21-11-5-8-15(21)16(22)12-19(25)26/h2-4,6-7,15H,5,8-13H2,1H3,(H,25,26). The molecule has 1 aliphatic rings. The first-order chi connectivity index (χ1) is 12.4. The fraction of sp³-hybridized carbons (Fsp3) is 0.474. The number of amides is 2. The molecule has 7 heteroatoms. The molecule has 1 fully saturated rings. The maximum Gasteiger partial charge on any atom is 0.310 e. The van der Waals surface area contributed by atoms with Gasteiger partial charge in [0.05, 0.1) is 6.04 Å². The fourth-order valence-corrected chi connectivity index (χ4v) is 3.16. The van der Waals surface area contributed by atoms with E-state index in [1.54, 1.807) is 11.9 Å². The molecule has 0 bridgehead atoms. The van der Waals surface area contributed by atoms with Crippen LogP contribution in [0.5, 0.6) is 0 Å². The highest BCUT2D eigenvalue weighted by Gasteiger charge is 2.34. The predicted octanol–water partition coefficient (Wildman–Crippen LogP) is 1.46. The molecule has 1 aromatic carbocycles. The van der Waals surface area contributed by atoms with Gasteiger partial charge in [0, 0.05) is 33.0 Å². The number of nitrogens with zero attached hydrogens (tertiary/aromatic N) is 2. The van der Waals surface area contributed by atoms with Crippen molar-refractivity contribution in [2.45, 2.75) is 44.7 Å². The van der Waals surface area contributed by atoms with Gasteiger partial charge in [-0.1, -0.05) is 30.3 Å². The molecule has 1 aliphatic heterocycles. The van der Waals surface area contributed by atoms with Gasteiger partial charge in [-0.05, 0) is 18.4 Å². The lowest BCUT2D eigenvalue weighted by Gasteiger charge is -2.24. The Morgan fingerprint density at radius 1 is 1.15 bits per heavy atom. The summed E-state index contributed by atoms with van der Waals surface area (Å²) in [5.41, 5.74) is 1.01. The van der Waals surface area contributed by atoms with Gasteiger partial charge in [0.2, 0.25) is 11.8 Å². The van der Waals surface area contributed by atoms with E-state index >= 15 is 0 Å². The first kappa shape index (κ1) is 19.6. The number of aliphatic carboxylic acids is 1. The molecule has 0 spiro atoms. The summed E-state index contributed by atoms with van der Waals surface area (Å²) in [5.74, 6) is -2.05. The van der Waals surface area contributed by atoms with Crippen molar-refractivity contribution in [3.8, 4) is 0 Å². The van der Waals surface area contributed by atoms with Crippen molar-refractivity contribution in [3.05, 3.63) is 35.9 Å². The van der Waals surface area contributed by atoms with Crippen LogP contribution in [-0.4, -0.2) is 58.1 Å². The van der Waals surface area contributed by atoms with Crippen LogP contribution in [-0.2, 0) is 25.7 Å². The molecule has 1 atom stereocenters. The average Bonchev–Trinajstić information content (AvgIpc) is 3.09. The topological polar surface area (TPSA) is 95.0 Å². The highest BCUT2D eigenvalue weighted by molar-refractivity contribution is 5.99. The second-order valence-electron chi connectivity index (χ2n) is 6.52. The van der Waals surface area contributed by atoms with Gasteiger partial charge in [0.25, 0.3) is 0 Å². The van der Waals surface area contributed by atoms with E-state index in [0.29, 0.717) is 25.9 Å². The molecular weight excluding hydrogens is 336 g/mol. The number of hydrogen-bond acceptors (Lipinski definition) is 4. The number of carboxylic acids is 1. The van der Waals surface area contributed by atoms with Crippen LogP contribution in [0.4, 0.5) is 0 Å². The van der Waals surface area contributed by atoms with Crippen LogP contribution in [0.1, 0.15) is 37.7 Å². The minimum atomic E-state index is -1.19. The van der Waals surface area contributed by atoms with Crippen LogP contribution < -0.4 is 0 Å². The monoisotopic (exact) mass is 360 g/mol. The molecule has 1 N–H and O–H groups in total. The SMILES string of the molecule is CN(Cc1ccccc1)C(=O)CCC(=O)N1CCCC1C(=O)CC(=O)O. The fourth-order valence-electron chi connectivity index (χ4n) is 3.16. The van der Waals surface area contributed by atoms with Crippen LogP contribution in [0.25, 0.3) is 0 Å². The van der Waals surface area contributed by atoms with Crippen molar-refractivity contribution in [2.75, 3.05) is 13.6 Å². The quantitative estimate of drug-likeness (QED) is 0.708. The number of carboxylic acid groups (broad SMARTS) is 1. The summed E-state index contributed by atoms with van der Waals surface area (Å²) in [5, 5.41) is 8.75. The van der Waals surface area contributed by atoms with E-state index in [1.165, 1.54) is 4.90 Å². The maximum atomic E-state index is 12.4. The molecule has 0 aromatic heterocycles. The van der Waals surface area contributed by atoms with Crippen LogP contribution in [0.15, 0.2) is 30.3 Å². The van der Waals surface area contributed by atoms with E-state index < -0.39 is 24.2 Å². The van der Waals surface area contributed by atoms with Crippen LogP contribution in [0.3, 0.4) is 0 Å². The zero-order valence-electron chi connectivity index (χ0n) is 14.9. The molecule has 26 heavy (non-hydrogen) atoms. The number of carbonyl (C=O) groups is 4. The molecule has 1 unspecified atom stereocenters. The molecule has 0 aliphatic carbocycles. The third-order valence-electron chi connectivity index (χ3n) is 4.51. The van der Waals surface area contributed by atoms with Gasteiger partial charge in [0.1, 0.15) is 6.42 Å². The van der Waals surface area contributed by atoms with E-state index in [9.17, 15) is 19.2 Å². The Kier molecular flexibility index (Phi) is 6.89. The molecule has 0 radical (unpaired) electrons. The highest BCUT2D eigenvalue weighted by atomic mass is 16.4. The smallest absolute Gasteiger partial charge is 0.310 e. The maximum absolute atomic E-state index is 12.4. The number of likely N-dealkylation sites (tertiary alicyclic amines) is 1. The summed E-state index contributed by atoms with van der Waals surface area (Å²) >= 11 is 0. The lowest BCUT2D eigenvalue weighted by molar-refractivity contribution is -0.144. The first-order valence-corrected chi connectivity index (χ1v) is 8.70. The molecule has 1 saturated heterocycles. The Hall–Kier alpha value is -2.70. The lowest BCUT2D eigenvalue weighted by atomic mass is 10.1. The van der Waals surface area contributed by atoms with Crippen molar-refractivity contribution >= 4 is 23.6 Å². The molecule has 2 rings (SSSR count). The molecule has 2 amide bonds. The lowest BCUT2D eigenvalue weighted by Crippen LogP contribution is -2.41. The summed E-state index contributed by atoms with van der Waals surface area (Å²) in [6, 6.07) is 8.89. The van der Waals surface area contributed by atoms with Gasteiger partial charge in [-0.15, -0.1) is 0 Å². The summed E-state index contributed by atoms with van der Waals surface area (Å²) in [4.78, 5) is 50.3. The van der Waals surface area contributed by atoms with Gasteiger partial charge in [0.15, 0.2) is 5.78 Å². The minimum absolute atomic E-state index is 0.0226. The van der Waals surface area contributed by atoms with E-state index in [1.807, 2.05) is 30.3 Å². The Morgan fingerprint density at radius 2 is 1.85 bits per heavy atom. The van der Waals surface area contributed by atoms with E-state index in [0.717, 1.165) is 5.56 Å². The Morgan fingerprint density at radius 3 is 2.50 bits per heavy atom. The van der Waals surface area contributed by atoms with E-state index in [4.69, 9.17) is 5.11 Å². The molecular formula is C19H24N2O5. The molecule has 1 heterocycles. The second kappa shape index (κ2) is 9.12. The normalized spacial score (nSPS) is 16.3. The van der Waals surface area contributed by atoms with Gasteiger partial charge in [-0.2, -0.15) is 0 Å². The van der Waals surface area contributed by atoms with Gasteiger partial charge in [-0.3, -0.25) is 19.2 Å². The van der Waals surface area contributed by atoms with Crippen molar-refractivity contribution in [1.82, 2.24) is 9.80 Å². The molecule has 0 saturated carbocycles. The van der Waals surface area contributed by atoms with E-state index in [-0.39, 0.29) is 24.7 Å². The summed E-state index contributed by atoms with van der Waals surface area (Å²) in [6.45, 7) is 0.903. The third-order valence-corrected chi connectivity index (χ3v) is 4.51. The average molecular weight is 360 g/mol. The second-order valence-corrected chi connectivity index (χ2v) is 6.52. The van der Waals surface area contributed by atoms with Gasteiger partial charge >= 0.3 is 5.97 Å². The van der Waals surface area contributed by atoms with Gasteiger partial charge < -0.3 is 14.9 Å². The summed E-state index contributed by atoms with van der Waals surface area (Å²) in [7, 11) is 1.69. The van der Waals surface area contributed by atoms with Crippen LogP contribution >= 0.6 is 0 Å².